The van der Waals surface area contributed by atoms with Gasteiger partial charge in [0, 0.05) is 0 Å². The summed E-state index contributed by atoms with van der Waals surface area (Å²) in [5.74, 6) is -2.45. The summed E-state index contributed by atoms with van der Waals surface area (Å²) in [5.41, 5.74) is -0.205. The molecule has 0 aromatic heterocycles. The molecule has 21 heavy (non-hydrogen) atoms. The third-order valence-electron chi connectivity index (χ3n) is 2.17. The van der Waals surface area contributed by atoms with Crippen molar-refractivity contribution in [2.45, 2.75) is 0 Å². The van der Waals surface area contributed by atoms with Crippen molar-refractivity contribution >= 4 is 52.4 Å². The van der Waals surface area contributed by atoms with Crippen molar-refractivity contribution in [3.63, 3.8) is 0 Å². The standard InChI is InChI=1S/C7H3Cl2FO2.C6H3Cl2F/c8-5-3(7(11)12)1-2-4(10)6(5)9;7-4-2-1-3-5(9)6(4)8/h1-2H,(H,11,12);1-3H. The first-order valence-corrected chi connectivity index (χ1v) is 6.73. The second kappa shape index (κ2) is 7.80. The van der Waals surface area contributed by atoms with Crippen LogP contribution in [0.4, 0.5) is 8.78 Å². The van der Waals surface area contributed by atoms with E-state index in [0.29, 0.717) is 0 Å². The van der Waals surface area contributed by atoms with Crippen LogP contribution in [0.2, 0.25) is 20.1 Å². The minimum absolute atomic E-state index is 0.0147. The zero-order valence-electron chi connectivity index (χ0n) is 10.0. The highest BCUT2D eigenvalue weighted by Gasteiger charge is 2.14. The fraction of sp³-hybridized carbons (Fsp3) is 0. The SMILES string of the molecule is Fc1cccc(Cl)c1Cl.O=C(O)c1ccc(F)c(Cl)c1Cl. The monoisotopic (exact) mass is 372 g/mol. The molecule has 0 unspecified atom stereocenters. The van der Waals surface area contributed by atoms with Gasteiger partial charge in [0.2, 0.25) is 0 Å². The van der Waals surface area contributed by atoms with E-state index in [4.69, 9.17) is 51.5 Å². The Labute approximate surface area is 138 Å². The van der Waals surface area contributed by atoms with Crippen LogP contribution in [0.3, 0.4) is 0 Å². The summed E-state index contributed by atoms with van der Waals surface area (Å²) in [6, 6.07) is 6.31. The second-order valence-corrected chi connectivity index (χ2v) is 5.10. The highest BCUT2D eigenvalue weighted by molar-refractivity contribution is 6.43. The van der Waals surface area contributed by atoms with E-state index < -0.39 is 17.6 Å². The number of carboxylic acid groups (broad SMARTS) is 1. The number of hydrogen-bond acceptors (Lipinski definition) is 1. The zero-order valence-corrected chi connectivity index (χ0v) is 13.0. The number of carboxylic acids is 1. The van der Waals surface area contributed by atoms with E-state index in [1.165, 1.54) is 18.2 Å². The molecule has 8 heteroatoms. The lowest BCUT2D eigenvalue weighted by atomic mass is 10.2. The Bertz CT molecular complexity index is 657. The van der Waals surface area contributed by atoms with Gasteiger partial charge in [-0.2, -0.15) is 0 Å². The van der Waals surface area contributed by atoms with Crippen LogP contribution in [0.25, 0.3) is 0 Å². The molecule has 0 aliphatic carbocycles. The van der Waals surface area contributed by atoms with Crippen molar-refractivity contribution in [2.75, 3.05) is 0 Å². The van der Waals surface area contributed by atoms with Gasteiger partial charge in [-0.15, -0.1) is 0 Å². The summed E-state index contributed by atoms with van der Waals surface area (Å²) in [6.45, 7) is 0. The van der Waals surface area contributed by atoms with E-state index in [9.17, 15) is 13.6 Å². The Morgan fingerprint density at radius 1 is 0.857 bits per heavy atom. The average molecular weight is 374 g/mol. The fourth-order valence-electron chi connectivity index (χ4n) is 1.17. The van der Waals surface area contributed by atoms with E-state index in [1.807, 2.05) is 0 Å². The summed E-state index contributed by atoms with van der Waals surface area (Å²) in [5, 5.41) is 8.11. The molecule has 0 amide bonds. The van der Waals surface area contributed by atoms with Gasteiger partial charge in [-0.1, -0.05) is 52.5 Å². The lowest BCUT2D eigenvalue weighted by Crippen LogP contribution is -1.98. The van der Waals surface area contributed by atoms with E-state index >= 15 is 0 Å². The Kier molecular flexibility index (Phi) is 6.68. The number of hydrogen-bond donors (Lipinski definition) is 1. The molecule has 0 aliphatic rings. The molecule has 1 N–H and O–H groups in total. The molecule has 0 saturated heterocycles. The molecule has 0 spiro atoms. The maximum atomic E-state index is 12.6. The highest BCUT2D eigenvalue weighted by Crippen LogP contribution is 2.28. The number of rotatable bonds is 1. The van der Waals surface area contributed by atoms with E-state index in [2.05, 4.69) is 0 Å². The molecule has 2 rings (SSSR count). The predicted octanol–water partition coefficient (Wildman–Crippen LogP) is 5.96. The number of carbonyl (C=O) groups is 1. The van der Waals surface area contributed by atoms with Crippen molar-refractivity contribution in [2.24, 2.45) is 0 Å². The number of aromatic carboxylic acids is 1. The number of benzene rings is 2. The summed E-state index contributed by atoms with van der Waals surface area (Å²) >= 11 is 21.6. The Balaban J connectivity index is 0.000000219. The summed E-state index contributed by atoms with van der Waals surface area (Å²) in [6.07, 6.45) is 0. The van der Waals surface area contributed by atoms with Crippen LogP contribution in [0, 0.1) is 11.6 Å². The van der Waals surface area contributed by atoms with Crippen LogP contribution < -0.4 is 0 Å². The Morgan fingerprint density at radius 2 is 1.43 bits per heavy atom. The lowest BCUT2D eigenvalue weighted by Gasteiger charge is -2.00. The minimum atomic E-state index is -1.23. The molecule has 112 valence electrons. The van der Waals surface area contributed by atoms with Gasteiger partial charge in [0.15, 0.2) is 0 Å². The maximum Gasteiger partial charge on any atom is 0.337 e. The van der Waals surface area contributed by atoms with E-state index in [0.717, 1.165) is 12.1 Å². The largest absolute Gasteiger partial charge is 0.478 e. The van der Waals surface area contributed by atoms with Crippen LogP contribution >= 0.6 is 46.4 Å². The summed E-state index contributed by atoms with van der Waals surface area (Å²) in [7, 11) is 0. The van der Waals surface area contributed by atoms with Crippen LogP contribution in [0.1, 0.15) is 10.4 Å². The van der Waals surface area contributed by atoms with Crippen molar-refractivity contribution in [3.05, 3.63) is 67.6 Å². The quantitative estimate of drug-likeness (QED) is 0.626. The Morgan fingerprint density at radius 3 is 1.90 bits per heavy atom. The van der Waals surface area contributed by atoms with Crippen LogP contribution in [-0.2, 0) is 0 Å². The topological polar surface area (TPSA) is 37.3 Å². The van der Waals surface area contributed by atoms with Crippen molar-refractivity contribution in [3.8, 4) is 0 Å². The molecule has 0 saturated carbocycles. The number of halogens is 6. The van der Waals surface area contributed by atoms with Crippen LogP contribution in [-0.4, -0.2) is 11.1 Å². The van der Waals surface area contributed by atoms with Gasteiger partial charge in [-0.05, 0) is 24.3 Å². The molecule has 0 atom stereocenters. The second-order valence-electron chi connectivity index (χ2n) is 3.56. The first-order chi connectivity index (χ1) is 9.75. The summed E-state index contributed by atoms with van der Waals surface area (Å²) in [4.78, 5) is 10.4. The molecule has 0 radical (unpaired) electrons. The van der Waals surface area contributed by atoms with Gasteiger partial charge in [-0.3, -0.25) is 0 Å². The van der Waals surface area contributed by atoms with Gasteiger partial charge in [0.05, 0.1) is 25.7 Å². The molecule has 0 bridgehead atoms. The van der Waals surface area contributed by atoms with Crippen molar-refractivity contribution in [1.29, 1.82) is 0 Å². The zero-order chi connectivity index (χ0) is 16.2. The van der Waals surface area contributed by atoms with Crippen LogP contribution in [0.15, 0.2) is 30.3 Å². The van der Waals surface area contributed by atoms with Gasteiger partial charge in [0.25, 0.3) is 0 Å². The average Bonchev–Trinajstić information content (AvgIpc) is 2.42. The summed E-state index contributed by atoms with van der Waals surface area (Å²) < 4.78 is 25.0. The Hall–Kier alpha value is -1.07. The smallest absolute Gasteiger partial charge is 0.337 e. The van der Waals surface area contributed by atoms with Crippen LogP contribution in [0.5, 0.6) is 0 Å². The maximum absolute atomic E-state index is 12.6. The van der Waals surface area contributed by atoms with Gasteiger partial charge in [-0.25, -0.2) is 13.6 Å². The molecule has 2 aromatic rings. The third-order valence-corrected chi connectivity index (χ3v) is 3.82. The van der Waals surface area contributed by atoms with Crippen molar-refractivity contribution in [1.82, 2.24) is 0 Å². The van der Waals surface area contributed by atoms with Crippen molar-refractivity contribution < 1.29 is 18.7 Å². The lowest BCUT2D eigenvalue weighted by molar-refractivity contribution is 0.0697. The fourth-order valence-corrected chi connectivity index (χ4v) is 1.86. The minimum Gasteiger partial charge on any atom is -0.478 e. The molecule has 0 aliphatic heterocycles. The molecule has 0 heterocycles. The predicted molar refractivity (Wildman–Crippen MR) is 79.8 cm³/mol. The molecular weight excluding hydrogens is 368 g/mol. The normalized spacial score (nSPS) is 9.81. The first kappa shape index (κ1) is 18.0. The highest BCUT2D eigenvalue weighted by atomic mass is 35.5. The molecule has 2 aromatic carbocycles. The van der Waals surface area contributed by atoms with Gasteiger partial charge in [0.1, 0.15) is 11.6 Å². The molecule has 0 fully saturated rings. The van der Waals surface area contributed by atoms with E-state index in [-0.39, 0.29) is 25.7 Å². The van der Waals surface area contributed by atoms with E-state index in [1.54, 1.807) is 0 Å². The van der Waals surface area contributed by atoms with Gasteiger partial charge >= 0.3 is 5.97 Å². The van der Waals surface area contributed by atoms with Gasteiger partial charge < -0.3 is 5.11 Å². The molecule has 2 nitrogen and oxygen atoms in total. The molecular formula is C13H6Cl4F2O2. The first-order valence-electron chi connectivity index (χ1n) is 5.22. The third kappa shape index (κ3) is 4.71.